The molecule has 0 spiro atoms. The molecular formula is C24H23F2NO2. The molecule has 0 bridgehead atoms. The van der Waals surface area contributed by atoms with E-state index in [1.165, 1.54) is 0 Å². The van der Waals surface area contributed by atoms with Crippen molar-refractivity contribution >= 4 is 6.29 Å². The number of carbonyl (C=O) groups excluding carboxylic acids is 1. The lowest BCUT2D eigenvalue weighted by molar-refractivity contribution is 0.00873. The van der Waals surface area contributed by atoms with Crippen LogP contribution in [0.15, 0.2) is 72.9 Å². The van der Waals surface area contributed by atoms with Gasteiger partial charge in [-0.15, -0.1) is 0 Å². The van der Waals surface area contributed by atoms with Gasteiger partial charge in [0.15, 0.2) is 0 Å². The first kappa shape index (κ1) is 20.6. The first-order chi connectivity index (χ1) is 13.9. The zero-order chi connectivity index (χ0) is 20.9. The summed E-state index contributed by atoms with van der Waals surface area (Å²) in [7, 11) is 0. The summed E-state index contributed by atoms with van der Waals surface area (Å²) in [5.41, 5.74) is 1.53. The number of hydrogen-bond donors (Lipinski definition) is 0. The molecule has 1 atom stereocenters. The van der Waals surface area contributed by atoms with Crippen molar-refractivity contribution in [3.8, 4) is 5.75 Å². The molecule has 150 valence electrons. The highest BCUT2D eigenvalue weighted by molar-refractivity contribution is 5.74. The second-order valence-electron chi connectivity index (χ2n) is 7.52. The number of pyridine rings is 1. The van der Waals surface area contributed by atoms with Crippen LogP contribution in [0.3, 0.4) is 0 Å². The van der Waals surface area contributed by atoms with Gasteiger partial charge in [-0.25, -0.2) is 8.78 Å². The third kappa shape index (κ3) is 4.86. The van der Waals surface area contributed by atoms with Gasteiger partial charge in [0.05, 0.1) is 5.69 Å². The number of alkyl halides is 2. The van der Waals surface area contributed by atoms with Gasteiger partial charge in [0.2, 0.25) is 6.43 Å². The summed E-state index contributed by atoms with van der Waals surface area (Å²) < 4.78 is 33.5. The maximum Gasteiger partial charge on any atom is 0.244 e. The molecule has 0 saturated heterocycles. The molecule has 1 heterocycles. The highest BCUT2D eigenvalue weighted by atomic mass is 19.3. The Balaban J connectivity index is 1.86. The number of nitrogens with zero attached hydrogens (tertiary/aromatic N) is 1. The van der Waals surface area contributed by atoms with E-state index in [9.17, 15) is 13.6 Å². The predicted octanol–water partition coefficient (Wildman–Crippen LogP) is 5.90. The minimum atomic E-state index is -2.52. The fourth-order valence-corrected chi connectivity index (χ4v) is 3.34. The van der Waals surface area contributed by atoms with Gasteiger partial charge < -0.3 is 4.74 Å². The highest BCUT2D eigenvalue weighted by Crippen LogP contribution is 2.45. The monoisotopic (exact) mass is 395 g/mol. The smallest absolute Gasteiger partial charge is 0.244 e. The van der Waals surface area contributed by atoms with Gasteiger partial charge in [0.25, 0.3) is 0 Å². The lowest BCUT2D eigenvalue weighted by Crippen LogP contribution is -2.30. The Kier molecular flexibility index (Phi) is 6.37. The van der Waals surface area contributed by atoms with Gasteiger partial charge in [-0.2, -0.15) is 0 Å². The summed E-state index contributed by atoms with van der Waals surface area (Å²) in [5, 5.41) is 0. The van der Waals surface area contributed by atoms with Gasteiger partial charge in [0.1, 0.15) is 18.6 Å². The standard InChI is InChI=1S/C24H23F2NO2/c1-24(2,23(25)26)22(18-8-6-17(15-28)7-9-18)19-10-12-21(13-11-19)29-16-20-5-3-4-14-27-20/h3-15,22-23H,16H2,1-2H3. The van der Waals surface area contributed by atoms with Crippen LogP contribution in [0.2, 0.25) is 0 Å². The van der Waals surface area contributed by atoms with Crippen molar-refractivity contribution in [2.24, 2.45) is 5.41 Å². The largest absolute Gasteiger partial charge is 0.487 e. The average Bonchev–Trinajstić information content (AvgIpc) is 2.74. The summed E-state index contributed by atoms with van der Waals surface area (Å²) in [4.78, 5) is 15.1. The molecule has 0 aliphatic rings. The quantitative estimate of drug-likeness (QED) is 0.446. The Morgan fingerprint density at radius 3 is 2.10 bits per heavy atom. The third-order valence-corrected chi connectivity index (χ3v) is 5.04. The molecule has 0 amide bonds. The Morgan fingerprint density at radius 2 is 1.59 bits per heavy atom. The van der Waals surface area contributed by atoms with Gasteiger partial charge in [-0.05, 0) is 35.4 Å². The Labute approximate surface area is 169 Å². The van der Waals surface area contributed by atoms with E-state index in [0.29, 0.717) is 17.9 Å². The molecule has 3 aromatic rings. The molecule has 1 unspecified atom stereocenters. The fourth-order valence-electron chi connectivity index (χ4n) is 3.34. The van der Waals surface area contributed by atoms with Crippen LogP contribution < -0.4 is 4.74 Å². The van der Waals surface area contributed by atoms with Crippen molar-refractivity contribution in [3.63, 3.8) is 0 Å². The number of ether oxygens (including phenoxy) is 1. The lowest BCUT2D eigenvalue weighted by atomic mass is 9.71. The van der Waals surface area contributed by atoms with Crippen LogP contribution in [0.1, 0.15) is 46.9 Å². The molecule has 5 heteroatoms. The zero-order valence-electron chi connectivity index (χ0n) is 16.4. The van der Waals surface area contributed by atoms with Crippen molar-refractivity contribution in [1.29, 1.82) is 0 Å². The normalized spacial score (nSPS) is 12.6. The minimum Gasteiger partial charge on any atom is -0.487 e. The van der Waals surface area contributed by atoms with Crippen LogP contribution in [0.25, 0.3) is 0 Å². The fraction of sp³-hybridized carbons (Fsp3) is 0.250. The van der Waals surface area contributed by atoms with E-state index in [0.717, 1.165) is 23.1 Å². The molecule has 0 N–H and O–H groups in total. The van der Waals surface area contributed by atoms with Crippen LogP contribution >= 0.6 is 0 Å². The van der Waals surface area contributed by atoms with E-state index in [2.05, 4.69) is 4.98 Å². The number of aromatic nitrogens is 1. The van der Waals surface area contributed by atoms with E-state index < -0.39 is 17.8 Å². The van der Waals surface area contributed by atoms with E-state index in [-0.39, 0.29) is 0 Å². The number of halogens is 2. The molecule has 0 radical (unpaired) electrons. The molecule has 2 aromatic carbocycles. The molecule has 29 heavy (non-hydrogen) atoms. The predicted molar refractivity (Wildman–Crippen MR) is 108 cm³/mol. The minimum absolute atomic E-state index is 0.333. The van der Waals surface area contributed by atoms with Crippen LogP contribution in [0.5, 0.6) is 5.75 Å². The SMILES string of the molecule is CC(C)(C(F)F)C(c1ccc(C=O)cc1)c1ccc(OCc2ccccn2)cc1. The van der Waals surface area contributed by atoms with Crippen LogP contribution in [-0.2, 0) is 6.61 Å². The van der Waals surface area contributed by atoms with Crippen molar-refractivity contribution in [2.75, 3.05) is 0 Å². The molecule has 0 aliphatic heterocycles. The first-order valence-corrected chi connectivity index (χ1v) is 9.38. The van der Waals surface area contributed by atoms with E-state index in [1.54, 1.807) is 56.4 Å². The number of benzene rings is 2. The average molecular weight is 395 g/mol. The molecule has 3 nitrogen and oxygen atoms in total. The molecule has 0 fully saturated rings. The number of aldehydes is 1. The summed E-state index contributed by atoms with van der Waals surface area (Å²) in [6.07, 6.45) is -0.0715. The second-order valence-corrected chi connectivity index (χ2v) is 7.52. The maximum atomic E-state index is 13.9. The summed E-state index contributed by atoms with van der Waals surface area (Å²) in [5.74, 6) is 0.109. The van der Waals surface area contributed by atoms with Crippen LogP contribution in [-0.4, -0.2) is 17.7 Å². The lowest BCUT2D eigenvalue weighted by Gasteiger charge is -2.34. The Morgan fingerprint density at radius 1 is 0.966 bits per heavy atom. The summed E-state index contributed by atoms with van der Waals surface area (Å²) >= 11 is 0. The van der Waals surface area contributed by atoms with E-state index >= 15 is 0 Å². The Hall–Kier alpha value is -3.08. The summed E-state index contributed by atoms with van der Waals surface area (Å²) in [6, 6.07) is 19.6. The molecule has 3 rings (SSSR count). The topological polar surface area (TPSA) is 39.2 Å². The van der Waals surface area contributed by atoms with E-state index in [1.807, 2.05) is 30.3 Å². The number of rotatable bonds is 8. The van der Waals surface area contributed by atoms with Crippen molar-refractivity contribution in [3.05, 3.63) is 95.3 Å². The van der Waals surface area contributed by atoms with Crippen LogP contribution in [0.4, 0.5) is 8.78 Å². The number of carbonyl (C=O) groups is 1. The number of hydrogen-bond acceptors (Lipinski definition) is 3. The van der Waals surface area contributed by atoms with Crippen molar-refractivity contribution in [1.82, 2.24) is 4.98 Å². The van der Waals surface area contributed by atoms with Gasteiger partial charge in [-0.3, -0.25) is 9.78 Å². The first-order valence-electron chi connectivity index (χ1n) is 9.38. The third-order valence-electron chi connectivity index (χ3n) is 5.04. The second kappa shape index (κ2) is 8.95. The Bertz CT molecular complexity index is 923. The van der Waals surface area contributed by atoms with E-state index in [4.69, 9.17) is 4.74 Å². The van der Waals surface area contributed by atoms with Crippen molar-refractivity contribution < 1.29 is 18.3 Å². The molecular weight excluding hydrogens is 372 g/mol. The maximum absolute atomic E-state index is 13.9. The molecule has 0 aliphatic carbocycles. The zero-order valence-corrected chi connectivity index (χ0v) is 16.4. The van der Waals surface area contributed by atoms with Gasteiger partial charge in [-0.1, -0.05) is 56.3 Å². The van der Waals surface area contributed by atoms with Gasteiger partial charge >= 0.3 is 0 Å². The van der Waals surface area contributed by atoms with Crippen LogP contribution in [0, 0.1) is 5.41 Å². The summed E-state index contributed by atoms with van der Waals surface area (Å²) in [6.45, 7) is 3.45. The molecule has 0 saturated carbocycles. The highest BCUT2D eigenvalue weighted by Gasteiger charge is 2.40. The molecule has 1 aromatic heterocycles. The van der Waals surface area contributed by atoms with Crippen molar-refractivity contribution in [2.45, 2.75) is 32.8 Å². The van der Waals surface area contributed by atoms with Gasteiger partial charge in [0, 0.05) is 23.1 Å².